The van der Waals surface area contributed by atoms with E-state index in [9.17, 15) is 0 Å². The lowest BCUT2D eigenvalue weighted by molar-refractivity contribution is 1.07. The Morgan fingerprint density at radius 2 is 0.903 bits per heavy atom. The van der Waals surface area contributed by atoms with Crippen LogP contribution in [0.5, 0.6) is 0 Å². The zero-order valence-electron chi connectivity index (χ0n) is 38.1. The molecule has 0 saturated heterocycles. The lowest BCUT2D eigenvalue weighted by Gasteiger charge is -2.14. The first kappa shape index (κ1) is 31.0. The summed E-state index contributed by atoms with van der Waals surface area (Å²) in [4.78, 5) is 16.0. The van der Waals surface area contributed by atoms with E-state index in [-0.39, 0.29) is 29.7 Å². The van der Waals surface area contributed by atoms with E-state index in [1.54, 1.807) is 11.3 Å². The van der Waals surface area contributed by atoms with Crippen LogP contribution in [-0.2, 0) is 0 Å². The molecule has 0 aliphatic heterocycles. The van der Waals surface area contributed by atoms with Gasteiger partial charge in [-0.2, -0.15) is 0 Å². The maximum atomic E-state index is 8.79. The van der Waals surface area contributed by atoms with E-state index < -0.39 is 6.04 Å². The molecule has 0 saturated carbocycles. The standard InChI is InChI=1S/C57H36N4S/c1-5-17-37(18-6-1)41-29-30-48-49-35-45(61-51-27-15-13-25-46(51)47-26-14-16-28-52(47)61)36-50(54(49)62-53(48)34-41)57-59-55(40-23-11-4-12-24-40)58-56(60-57)44-32-42(38-19-7-2-8-20-38)31-43(33-44)39-21-9-3-10-22-39/h1-36H/i1D,5D,6D,17D,18D. The van der Waals surface area contributed by atoms with Crippen LogP contribution >= 0.6 is 11.3 Å². The van der Waals surface area contributed by atoms with E-state index in [1.165, 1.54) is 0 Å². The van der Waals surface area contributed by atoms with Crippen LogP contribution in [0.2, 0.25) is 0 Å². The van der Waals surface area contributed by atoms with Crippen molar-refractivity contribution >= 4 is 53.3 Å². The molecule has 0 aliphatic rings. The number of fused-ring (bicyclic) bond motifs is 6. The minimum absolute atomic E-state index is 0.166. The summed E-state index contributed by atoms with van der Waals surface area (Å²) in [5, 5.41) is 4.21. The lowest BCUT2D eigenvalue weighted by Crippen LogP contribution is -2.02. The molecule has 0 atom stereocenters. The van der Waals surface area contributed by atoms with Gasteiger partial charge in [0.25, 0.3) is 0 Å². The molecule has 4 nitrogen and oxygen atoms in total. The van der Waals surface area contributed by atoms with Gasteiger partial charge in [-0.05, 0) is 81.9 Å². The summed E-state index contributed by atoms with van der Waals surface area (Å²) in [6.45, 7) is 0. The van der Waals surface area contributed by atoms with Crippen molar-refractivity contribution in [1.82, 2.24) is 19.5 Å². The van der Waals surface area contributed by atoms with Gasteiger partial charge in [-0.25, -0.2) is 15.0 Å². The van der Waals surface area contributed by atoms with Gasteiger partial charge in [-0.15, -0.1) is 11.3 Å². The molecule has 0 amide bonds. The van der Waals surface area contributed by atoms with Crippen LogP contribution in [0.15, 0.2) is 218 Å². The first-order valence-corrected chi connectivity index (χ1v) is 21.2. The van der Waals surface area contributed by atoms with Gasteiger partial charge in [0, 0.05) is 53.3 Å². The largest absolute Gasteiger partial charge is 0.309 e. The molecule has 3 heterocycles. The van der Waals surface area contributed by atoms with Gasteiger partial charge in [0.1, 0.15) is 0 Å². The van der Waals surface area contributed by atoms with Crippen molar-refractivity contribution in [3.63, 3.8) is 0 Å². The van der Waals surface area contributed by atoms with Crippen LogP contribution in [0.4, 0.5) is 0 Å². The average Bonchev–Trinajstić information content (AvgIpc) is 3.93. The zero-order valence-corrected chi connectivity index (χ0v) is 33.9. The van der Waals surface area contributed by atoms with E-state index in [0.29, 0.717) is 23.0 Å². The molecule has 9 aromatic carbocycles. The number of rotatable bonds is 7. The predicted octanol–water partition coefficient (Wildman–Crippen LogP) is 15.3. The number of aromatic nitrogens is 4. The van der Waals surface area contributed by atoms with Gasteiger partial charge in [-0.3, -0.25) is 0 Å². The summed E-state index contributed by atoms with van der Waals surface area (Å²) in [5.41, 5.74) is 10.5. The highest BCUT2D eigenvalue weighted by Crippen LogP contribution is 2.44. The van der Waals surface area contributed by atoms with Crippen molar-refractivity contribution < 1.29 is 6.85 Å². The van der Waals surface area contributed by atoms with Gasteiger partial charge in [0.2, 0.25) is 0 Å². The van der Waals surface area contributed by atoms with E-state index in [0.717, 1.165) is 86.6 Å². The first-order valence-electron chi connectivity index (χ1n) is 22.9. The van der Waals surface area contributed by atoms with Crippen LogP contribution < -0.4 is 0 Å². The second-order valence-corrected chi connectivity index (χ2v) is 16.3. The summed E-state index contributed by atoms with van der Waals surface area (Å²) in [5.74, 6) is 1.56. The maximum Gasteiger partial charge on any atom is 0.165 e. The van der Waals surface area contributed by atoms with Crippen molar-refractivity contribution in [2.45, 2.75) is 0 Å². The van der Waals surface area contributed by atoms with Crippen LogP contribution in [0.3, 0.4) is 0 Å². The molecule has 0 N–H and O–H groups in total. The van der Waals surface area contributed by atoms with Gasteiger partial charge >= 0.3 is 0 Å². The molecule has 12 rings (SSSR count). The highest BCUT2D eigenvalue weighted by molar-refractivity contribution is 7.26. The quantitative estimate of drug-likeness (QED) is 0.161. The molecule has 290 valence electrons. The summed E-state index contributed by atoms with van der Waals surface area (Å²) in [6.07, 6.45) is 0. The SMILES string of the molecule is [2H]c1c([2H])c([2H])c(-c2ccc3c(c2)sc2c(-c4nc(-c5ccccc5)nc(-c5cc(-c6ccccc6)cc(-c6ccccc6)c5)n4)cc(-n4c5ccccc5c5ccccc54)cc23)c([2H])c1[2H]. The molecule has 62 heavy (non-hydrogen) atoms. The number of hydrogen-bond acceptors (Lipinski definition) is 4. The second-order valence-electron chi connectivity index (χ2n) is 15.3. The molecule has 0 fully saturated rings. The Balaban J connectivity index is 1.16. The molecule has 0 radical (unpaired) electrons. The minimum atomic E-state index is -0.418. The van der Waals surface area contributed by atoms with E-state index in [1.807, 2.05) is 84.9 Å². The molecule has 0 aliphatic carbocycles. The minimum Gasteiger partial charge on any atom is -0.309 e. The third-order valence-corrected chi connectivity index (χ3v) is 12.7. The summed E-state index contributed by atoms with van der Waals surface area (Å²) in [7, 11) is 0. The highest BCUT2D eigenvalue weighted by atomic mass is 32.1. The molecular weight excluding hydrogens is 773 g/mol. The van der Waals surface area contributed by atoms with Crippen molar-refractivity contribution in [3.8, 4) is 73.2 Å². The van der Waals surface area contributed by atoms with Crippen molar-refractivity contribution in [3.05, 3.63) is 218 Å². The smallest absolute Gasteiger partial charge is 0.165 e. The van der Waals surface area contributed by atoms with Crippen LogP contribution in [0, 0.1) is 0 Å². The lowest BCUT2D eigenvalue weighted by atomic mass is 9.96. The zero-order chi connectivity index (χ0) is 45.3. The molecule has 12 aromatic rings. The highest BCUT2D eigenvalue weighted by Gasteiger charge is 2.21. The van der Waals surface area contributed by atoms with Gasteiger partial charge in [0.15, 0.2) is 17.5 Å². The molecule has 0 unspecified atom stereocenters. The Morgan fingerprint density at radius 1 is 0.371 bits per heavy atom. The Labute approximate surface area is 369 Å². The molecular formula is C57H36N4S. The van der Waals surface area contributed by atoms with Gasteiger partial charge < -0.3 is 4.57 Å². The number of nitrogens with zero attached hydrogens (tertiary/aromatic N) is 4. The summed E-state index contributed by atoms with van der Waals surface area (Å²) in [6, 6.07) is 62.7. The fraction of sp³-hybridized carbons (Fsp3) is 0. The Bertz CT molecular complexity index is 3790. The van der Waals surface area contributed by atoms with Crippen molar-refractivity contribution in [1.29, 1.82) is 0 Å². The number of benzene rings is 9. The van der Waals surface area contributed by atoms with Crippen molar-refractivity contribution in [2.75, 3.05) is 0 Å². The fourth-order valence-electron chi connectivity index (χ4n) is 8.60. The molecule has 3 aromatic heterocycles. The van der Waals surface area contributed by atoms with Crippen LogP contribution in [-0.4, -0.2) is 19.5 Å². The van der Waals surface area contributed by atoms with Crippen LogP contribution in [0.1, 0.15) is 6.85 Å². The van der Waals surface area contributed by atoms with E-state index in [4.69, 9.17) is 21.8 Å². The van der Waals surface area contributed by atoms with Gasteiger partial charge in [-0.1, -0.05) is 170 Å². The Hall–Kier alpha value is -7.99. The molecule has 0 bridgehead atoms. The van der Waals surface area contributed by atoms with Gasteiger partial charge in [0.05, 0.1) is 17.9 Å². The van der Waals surface area contributed by atoms with Crippen LogP contribution in [0.25, 0.3) is 115 Å². The number of thiophene rings is 1. The number of hydrogen-bond donors (Lipinski definition) is 0. The summed E-state index contributed by atoms with van der Waals surface area (Å²) < 4.78 is 46.7. The number of para-hydroxylation sites is 2. The Morgan fingerprint density at radius 3 is 1.53 bits per heavy atom. The fourth-order valence-corrected chi connectivity index (χ4v) is 9.83. The third kappa shape index (κ3) is 6.26. The second kappa shape index (κ2) is 14.9. The topological polar surface area (TPSA) is 43.6 Å². The third-order valence-electron chi connectivity index (χ3n) is 11.5. The van der Waals surface area contributed by atoms with Crippen molar-refractivity contribution in [2.24, 2.45) is 0 Å². The molecule has 0 spiro atoms. The first-order chi connectivity index (χ1) is 32.8. The summed E-state index contributed by atoms with van der Waals surface area (Å²) >= 11 is 1.57. The Kier molecular flexibility index (Phi) is 7.46. The van der Waals surface area contributed by atoms with E-state index in [2.05, 4.69) is 108 Å². The predicted molar refractivity (Wildman–Crippen MR) is 260 cm³/mol. The van der Waals surface area contributed by atoms with E-state index >= 15 is 0 Å². The monoisotopic (exact) mass is 813 g/mol. The normalized spacial score (nSPS) is 12.7. The molecule has 5 heteroatoms. The average molecular weight is 814 g/mol. The maximum absolute atomic E-state index is 8.79.